The van der Waals surface area contributed by atoms with Crippen LogP contribution in [0.1, 0.15) is 44.7 Å². The second-order valence-corrected chi connectivity index (χ2v) is 10.9. The van der Waals surface area contributed by atoms with Gasteiger partial charge in [0.05, 0.1) is 23.1 Å². The van der Waals surface area contributed by atoms with Crippen LogP contribution in [-0.2, 0) is 14.3 Å². The number of carbonyl (C=O) groups excluding carboxylic acids is 4. The summed E-state index contributed by atoms with van der Waals surface area (Å²) in [5.74, 6) is -2.23. The van der Waals surface area contributed by atoms with Gasteiger partial charge in [0.1, 0.15) is 0 Å². The van der Waals surface area contributed by atoms with Crippen LogP contribution in [0, 0.1) is 25.7 Å². The Morgan fingerprint density at radius 2 is 1.55 bits per heavy atom. The van der Waals surface area contributed by atoms with Gasteiger partial charge < -0.3 is 4.74 Å². The molecule has 0 radical (unpaired) electrons. The number of carbonyl (C=O) groups is 4. The van der Waals surface area contributed by atoms with E-state index in [0.29, 0.717) is 24.1 Å². The number of ether oxygens (including phenoxy) is 1. The number of anilines is 1. The van der Waals surface area contributed by atoms with Crippen molar-refractivity contribution in [2.45, 2.75) is 36.3 Å². The van der Waals surface area contributed by atoms with E-state index >= 15 is 0 Å². The Hall–Kier alpha value is -2.32. The van der Waals surface area contributed by atoms with Gasteiger partial charge in [-0.25, -0.2) is 4.79 Å². The fourth-order valence-electron chi connectivity index (χ4n) is 4.33. The molecule has 1 aliphatic heterocycles. The van der Waals surface area contributed by atoms with E-state index in [2.05, 4.69) is 31.9 Å². The van der Waals surface area contributed by atoms with Crippen LogP contribution < -0.4 is 4.90 Å². The molecule has 8 heteroatoms. The van der Waals surface area contributed by atoms with Crippen molar-refractivity contribution in [3.05, 3.63) is 64.7 Å². The van der Waals surface area contributed by atoms with Crippen LogP contribution in [0.15, 0.2) is 42.5 Å². The summed E-state index contributed by atoms with van der Waals surface area (Å²) in [5, 5.41) is 0. The molecule has 1 saturated heterocycles. The summed E-state index contributed by atoms with van der Waals surface area (Å²) < 4.78 is 5.22. The number of hydrogen-bond donors (Lipinski definition) is 0. The summed E-state index contributed by atoms with van der Waals surface area (Å²) in [5.41, 5.74) is 3.05. The second kappa shape index (κ2) is 9.50. The molecule has 1 saturated carbocycles. The van der Waals surface area contributed by atoms with Crippen molar-refractivity contribution in [1.82, 2.24) is 0 Å². The molecule has 33 heavy (non-hydrogen) atoms. The minimum atomic E-state index is -0.688. The van der Waals surface area contributed by atoms with E-state index < -0.39 is 12.6 Å². The molecule has 4 rings (SSSR count). The third-order valence-electron chi connectivity index (χ3n) is 6.41. The van der Waals surface area contributed by atoms with Gasteiger partial charge in [0.15, 0.2) is 12.4 Å². The Labute approximate surface area is 208 Å². The number of nitrogens with zero attached hydrogens (tertiary/aromatic N) is 1. The third kappa shape index (κ3) is 4.68. The molecule has 2 aromatic rings. The van der Waals surface area contributed by atoms with Crippen molar-refractivity contribution in [3.63, 3.8) is 0 Å². The van der Waals surface area contributed by atoms with Crippen LogP contribution in [-0.4, -0.2) is 39.8 Å². The number of hydrogen-bond acceptors (Lipinski definition) is 5. The van der Waals surface area contributed by atoms with Crippen molar-refractivity contribution in [3.8, 4) is 0 Å². The molecule has 2 fully saturated rings. The molecule has 1 aliphatic carbocycles. The van der Waals surface area contributed by atoms with Gasteiger partial charge in [0, 0.05) is 15.2 Å². The van der Waals surface area contributed by atoms with E-state index in [4.69, 9.17) is 4.74 Å². The predicted molar refractivity (Wildman–Crippen MR) is 131 cm³/mol. The summed E-state index contributed by atoms with van der Waals surface area (Å²) in [6, 6.07) is 11.6. The molecular weight excluding hydrogens is 554 g/mol. The molecule has 2 amide bonds. The summed E-state index contributed by atoms with van der Waals surface area (Å²) in [6.07, 6.45) is 1.15. The lowest BCUT2D eigenvalue weighted by Gasteiger charge is -2.29. The highest BCUT2D eigenvalue weighted by atomic mass is 79.9. The van der Waals surface area contributed by atoms with Gasteiger partial charge in [-0.3, -0.25) is 19.3 Å². The normalized spacial score (nSPS) is 24.5. The standard InChI is InChI=1S/C25H23Br2NO5/c1-13-6-7-15(8-14(13)2)22(29)12-33-25(32)16-4-3-5-17(9-16)28-23(30)18-10-20(26)21(27)11-19(18)24(28)31/h3-9,18-21H,10-12H2,1-2H3. The molecule has 2 aliphatic rings. The van der Waals surface area contributed by atoms with Crippen molar-refractivity contribution in [2.75, 3.05) is 11.5 Å². The van der Waals surface area contributed by atoms with Crippen LogP contribution in [0.5, 0.6) is 0 Å². The first kappa shape index (κ1) is 23.8. The molecule has 2 aromatic carbocycles. The zero-order valence-corrected chi connectivity index (χ0v) is 21.4. The van der Waals surface area contributed by atoms with Gasteiger partial charge in [-0.1, -0.05) is 50.1 Å². The van der Waals surface area contributed by atoms with E-state index in [1.165, 1.54) is 17.0 Å². The summed E-state index contributed by atoms with van der Waals surface area (Å²) in [4.78, 5) is 52.5. The minimum Gasteiger partial charge on any atom is -0.454 e. The third-order valence-corrected chi connectivity index (χ3v) is 9.15. The SMILES string of the molecule is Cc1ccc(C(=O)COC(=O)c2cccc(N3C(=O)C4CC(Br)C(Br)CC4C3=O)c2)cc1C. The number of fused-ring (bicyclic) bond motifs is 1. The largest absolute Gasteiger partial charge is 0.454 e. The Morgan fingerprint density at radius 1 is 0.909 bits per heavy atom. The van der Waals surface area contributed by atoms with Gasteiger partial charge in [-0.2, -0.15) is 0 Å². The van der Waals surface area contributed by atoms with E-state index in [1.807, 2.05) is 19.9 Å². The number of amides is 2. The minimum absolute atomic E-state index is 0.117. The number of rotatable bonds is 5. The highest BCUT2D eigenvalue weighted by Gasteiger charge is 2.52. The molecule has 172 valence electrons. The van der Waals surface area contributed by atoms with Crippen LogP contribution in [0.3, 0.4) is 0 Å². The van der Waals surface area contributed by atoms with Crippen molar-refractivity contribution >= 4 is 61.1 Å². The molecule has 0 aromatic heterocycles. The van der Waals surface area contributed by atoms with Crippen molar-refractivity contribution in [2.24, 2.45) is 11.8 Å². The maximum absolute atomic E-state index is 13.0. The van der Waals surface area contributed by atoms with Crippen molar-refractivity contribution in [1.29, 1.82) is 0 Å². The Balaban J connectivity index is 1.47. The number of Topliss-reactive ketones (excluding diaryl/α,β-unsaturated/α-hetero) is 1. The van der Waals surface area contributed by atoms with Crippen LogP contribution >= 0.6 is 31.9 Å². The highest BCUT2D eigenvalue weighted by Crippen LogP contribution is 2.44. The quantitative estimate of drug-likeness (QED) is 0.222. The second-order valence-electron chi connectivity index (χ2n) is 8.58. The first-order valence-electron chi connectivity index (χ1n) is 10.7. The number of aryl methyl sites for hydroxylation is 2. The van der Waals surface area contributed by atoms with Crippen LogP contribution in [0.4, 0.5) is 5.69 Å². The number of alkyl halides is 2. The number of esters is 1. The predicted octanol–water partition coefficient (Wildman–Crippen LogP) is 4.77. The Bertz CT molecular complexity index is 1120. The summed E-state index contributed by atoms with van der Waals surface area (Å²) in [7, 11) is 0. The monoisotopic (exact) mass is 575 g/mol. The summed E-state index contributed by atoms with van der Waals surface area (Å²) >= 11 is 7.16. The molecule has 0 N–H and O–H groups in total. The van der Waals surface area contributed by atoms with Crippen LogP contribution in [0.25, 0.3) is 0 Å². The first-order chi connectivity index (χ1) is 15.7. The highest BCUT2D eigenvalue weighted by molar-refractivity contribution is 9.12. The number of ketones is 1. The molecule has 1 heterocycles. The van der Waals surface area contributed by atoms with Gasteiger partial charge in [-0.05, 0) is 62.1 Å². The van der Waals surface area contributed by atoms with E-state index in [1.54, 1.807) is 24.3 Å². The van der Waals surface area contributed by atoms with Gasteiger partial charge in [0.25, 0.3) is 0 Å². The number of imide groups is 1. The Morgan fingerprint density at radius 3 is 2.15 bits per heavy atom. The van der Waals surface area contributed by atoms with E-state index in [-0.39, 0.29) is 44.7 Å². The lowest BCUT2D eigenvalue weighted by molar-refractivity contribution is -0.122. The molecule has 6 nitrogen and oxygen atoms in total. The zero-order valence-electron chi connectivity index (χ0n) is 18.2. The maximum atomic E-state index is 13.0. The molecular formula is C25H23Br2NO5. The topological polar surface area (TPSA) is 80.8 Å². The van der Waals surface area contributed by atoms with Gasteiger partial charge in [-0.15, -0.1) is 0 Å². The summed E-state index contributed by atoms with van der Waals surface area (Å²) in [6.45, 7) is 3.48. The fourth-order valence-corrected chi connectivity index (χ4v) is 5.57. The smallest absolute Gasteiger partial charge is 0.338 e. The number of halogens is 2. The molecule has 4 unspecified atom stereocenters. The molecule has 4 atom stereocenters. The average molecular weight is 577 g/mol. The fraction of sp³-hybridized carbons (Fsp3) is 0.360. The molecule has 0 bridgehead atoms. The van der Waals surface area contributed by atoms with Gasteiger partial charge >= 0.3 is 5.97 Å². The first-order valence-corrected chi connectivity index (χ1v) is 12.5. The van der Waals surface area contributed by atoms with E-state index in [0.717, 1.165) is 11.1 Å². The average Bonchev–Trinajstić information content (AvgIpc) is 3.03. The molecule has 0 spiro atoms. The lowest BCUT2D eigenvalue weighted by atomic mass is 9.81. The number of benzene rings is 2. The van der Waals surface area contributed by atoms with Gasteiger partial charge in [0.2, 0.25) is 11.8 Å². The van der Waals surface area contributed by atoms with Crippen molar-refractivity contribution < 1.29 is 23.9 Å². The maximum Gasteiger partial charge on any atom is 0.338 e. The zero-order chi connectivity index (χ0) is 23.9. The Kier molecular flexibility index (Phi) is 6.86. The van der Waals surface area contributed by atoms with Crippen LogP contribution in [0.2, 0.25) is 0 Å². The lowest BCUT2D eigenvalue weighted by Crippen LogP contribution is -2.34. The van der Waals surface area contributed by atoms with E-state index in [9.17, 15) is 19.2 Å².